The van der Waals surface area contributed by atoms with Gasteiger partial charge >= 0.3 is 7.60 Å². The molecule has 1 aromatic rings. The second-order valence-corrected chi connectivity index (χ2v) is 5.84. The minimum Gasteiger partial charge on any atom is -0.324 e. The molecule has 0 saturated heterocycles. The molecule has 0 fully saturated rings. The first kappa shape index (κ1) is 16.7. The number of carbonyl (C=O) groups excluding carboxylic acids is 1. The number of hydroxylamine groups is 2. The molecule has 0 radical (unpaired) electrons. The van der Waals surface area contributed by atoms with Crippen molar-refractivity contribution in [2.45, 2.75) is 13.5 Å². The number of aromatic nitrogens is 1. The highest BCUT2D eigenvalue weighted by atomic mass is 31.2. The van der Waals surface area contributed by atoms with Crippen molar-refractivity contribution < 1.29 is 24.4 Å². The van der Waals surface area contributed by atoms with Crippen LogP contribution in [0.3, 0.4) is 0 Å². The number of nitrogens with zero attached hydrogens (tertiary/aromatic N) is 3. The Kier molecular flexibility index (Phi) is 6.25. The Hall–Kier alpha value is -1.31. The fourth-order valence-electron chi connectivity index (χ4n) is 1.59. The Bertz CT molecular complexity index is 478. The van der Waals surface area contributed by atoms with Crippen LogP contribution >= 0.6 is 7.60 Å². The zero-order valence-corrected chi connectivity index (χ0v) is 12.0. The summed E-state index contributed by atoms with van der Waals surface area (Å²) in [5.74, 6) is -0.628. The molecule has 0 aliphatic rings. The van der Waals surface area contributed by atoms with Crippen LogP contribution in [-0.2, 0) is 15.9 Å². The number of carbonyl (C=O) groups is 1. The Labute approximate surface area is 116 Å². The summed E-state index contributed by atoms with van der Waals surface area (Å²) in [4.78, 5) is 35.0. The summed E-state index contributed by atoms with van der Waals surface area (Å²) in [5, 5.41) is 9.79. The largest absolute Gasteiger partial charge is 0.339 e. The van der Waals surface area contributed by atoms with Gasteiger partial charge in [0.05, 0.1) is 12.2 Å². The molecule has 9 heteroatoms. The molecule has 0 aromatic carbocycles. The zero-order chi connectivity index (χ0) is 15.2. The molecule has 0 aliphatic heterocycles. The van der Waals surface area contributed by atoms with Crippen molar-refractivity contribution in [1.82, 2.24) is 14.9 Å². The summed E-state index contributed by atoms with van der Waals surface area (Å²) in [6.07, 6.45) is 0.976. The third-order valence-electron chi connectivity index (χ3n) is 2.44. The molecule has 0 bridgehead atoms. The van der Waals surface area contributed by atoms with Gasteiger partial charge in [0, 0.05) is 19.3 Å². The Morgan fingerprint density at radius 2 is 2.10 bits per heavy atom. The third-order valence-corrected chi connectivity index (χ3v) is 3.21. The number of rotatable bonds is 7. The van der Waals surface area contributed by atoms with Crippen LogP contribution in [0, 0.1) is 0 Å². The van der Waals surface area contributed by atoms with Gasteiger partial charge in [-0.1, -0.05) is 6.07 Å². The van der Waals surface area contributed by atoms with Crippen LogP contribution in [0.5, 0.6) is 0 Å². The van der Waals surface area contributed by atoms with Gasteiger partial charge < -0.3 is 9.79 Å². The van der Waals surface area contributed by atoms with Gasteiger partial charge in [-0.3, -0.25) is 24.5 Å². The third kappa shape index (κ3) is 6.23. The summed E-state index contributed by atoms with van der Waals surface area (Å²) in [5.41, 5.74) is 0.578. The predicted molar refractivity (Wildman–Crippen MR) is 70.7 cm³/mol. The lowest BCUT2D eigenvalue weighted by atomic mass is 10.3. The molecule has 1 amide bonds. The standard InChI is InChI=1S/C11H18N3O5P/c1-2-14(16)11(15)8-13(9-20(17,18)19)7-10-5-3-4-6-12-10/h3-6,16H,2,7-9H2,1H3,(H2,17,18,19). The van der Waals surface area contributed by atoms with Crippen molar-refractivity contribution in [1.29, 1.82) is 0 Å². The van der Waals surface area contributed by atoms with Gasteiger partial charge in [-0.05, 0) is 19.1 Å². The zero-order valence-electron chi connectivity index (χ0n) is 11.1. The molecule has 0 atom stereocenters. The van der Waals surface area contributed by atoms with Gasteiger partial charge in [0.1, 0.15) is 6.29 Å². The van der Waals surface area contributed by atoms with E-state index in [0.29, 0.717) is 10.8 Å². The minimum atomic E-state index is -4.31. The Morgan fingerprint density at radius 1 is 1.40 bits per heavy atom. The van der Waals surface area contributed by atoms with E-state index in [-0.39, 0.29) is 19.6 Å². The van der Waals surface area contributed by atoms with Crippen molar-refractivity contribution in [2.75, 3.05) is 19.4 Å². The van der Waals surface area contributed by atoms with Gasteiger partial charge in [0.15, 0.2) is 0 Å². The Morgan fingerprint density at radius 3 is 2.60 bits per heavy atom. The van der Waals surface area contributed by atoms with Gasteiger partial charge in [-0.25, -0.2) is 5.06 Å². The van der Waals surface area contributed by atoms with Crippen LogP contribution in [0.1, 0.15) is 12.6 Å². The van der Waals surface area contributed by atoms with E-state index >= 15 is 0 Å². The van der Waals surface area contributed by atoms with Crippen molar-refractivity contribution >= 4 is 13.5 Å². The molecule has 1 rings (SSSR count). The average Bonchev–Trinajstić information content (AvgIpc) is 2.36. The number of hydrogen-bond donors (Lipinski definition) is 3. The van der Waals surface area contributed by atoms with E-state index in [0.717, 1.165) is 0 Å². The maximum absolute atomic E-state index is 11.6. The first-order valence-electron chi connectivity index (χ1n) is 5.98. The van der Waals surface area contributed by atoms with Crippen LogP contribution < -0.4 is 0 Å². The smallest absolute Gasteiger partial charge is 0.324 e. The van der Waals surface area contributed by atoms with Gasteiger partial charge in [0.2, 0.25) is 0 Å². The van der Waals surface area contributed by atoms with E-state index in [1.165, 1.54) is 4.90 Å². The topological polar surface area (TPSA) is 114 Å². The van der Waals surface area contributed by atoms with Crippen LogP contribution in [0.4, 0.5) is 0 Å². The molecule has 0 spiro atoms. The second-order valence-electron chi connectivity index (χ2n) is 4.22. The van der Waals surface area contributed by atoms with E-state index in [1.54, 1.807) is 31.3 Å². The van der Waals surface area contributed by atoms with Crippen molar-refractivity contribution in [3.63, 3.8) is 0 Å². The van der Waals surface area contributed by atoms with Crippen LogP contribution in [-0.4, -0.2) is 55.2 Å². The fraction of sp³-hybridized carbons (Fsp3) is 0.455. The fourth-order valence-corrected chi connectivity index (χ4v) is 2.31. The van der Waals surface area contributed by atoms with E-state index in [1.807, 2.05) is 0 Å². The van der Waals surface area contributed by atoms with Crippen molar-refractivity contribution in [2.24, 2.45) is 0 Å². The van der Waals surface area contributed by atoms with E-state index < -0.39 is 19.8 Å². The summed E-state index contributed by atoms with van der Waals surface area (Å²) in [6, 6.07) is 5.15. The average molecular weight is 303 g/mol. The minimum absolute atomic E-state index is 0.103. The lowest BCUT2D eigenvalue weighted by molar-refractivity contribution is -0.165. The van der Waals surface area contributed by atoms with Crippen LogP contribution in [0.15, 0.2) is 24.4 Å². The monoisotopic (exact) mass is 303 g/mol. The SMILES string of the molecule is CCN(O)C(=O)CN(Cc1ccccn1)CP(=O)(O)O. The quantitative estimate of drug-likeness (QED) is 0.376. The first-order valence-corrected chi connectivity index (χ1v) is 7.77. The number of pyridine rings is 1. The lowest BCUT2D eigenvalue weighted by Crippen LogP contribution is -2.38. The molecule has 0 saturated carbocycles. The lowest BCUT2D eigenvalue weighted by Gasteiger charge is -2.23. The summed E-state index contributed by atoms with van der Waals surface area (Å²) in [6.45, 7) is 1.50. The highest BCUT2D eigenvalue weighted by Crippen LogP contribution is 2.35. The normalized spacial score (nSPS) is 11.7. The molecule has 20 heavy (non-hydrogen) atoms. The molecular formula is C11H18N3O5P. The highest BCUT2D eigenvalue weighted by molar-refractivity contribution is 7.51. The molecular weight excluding hydrogens is 285 g/mol. The van der Waals surface area contributed by atoms with Crippen molar-refractivity contribution in [3.8, 4) is 0 Å². The number of amides is 1. The molecule has 112 valence electrons. The summed E-state index contributed by atoms with van der Waals surface area (Å²) < 4.78 is 11.1. The predicted octanol–water partition coefficient (Wildman–Crippen LogP) is 0.256. The van der Waals surface area contributed by atoms with E-state index in [9.17, 15) is 14.6 Å². The highest BCUT2D eigenvalue weighted by Gasteiger charge is 2.23. The molecule has 1 heterocycles. The van der Waals surface area contributed by atoms with Crippen molar-refractivity contribution in [3.05, 3.63) is 30.1 Å². The molecule has 0 unspecified atom stereocenters. The maximum Gasteiger partial charge on any atom is 0.339 e. The molecule has 8 nitrogen and oxygen atoms in total. The van der Waals surface area contributed by atoms with Crippen LogP contribution in [0.25, 0.3) is 0 Å². The van der Waals surface area contributed by atoms with Gasteiger partial charge in [-0.15, -0.1) is 0 Å². The van der Waals surface area contributed by atoms with Gasteiger partial charge in [0.25, 0.3) is 5.91 Å². The molecule has 3 N–H and O–H groups in total. The van der Waals surface area contributed by atoms with E-state index in [4.69, 9.17) is 9.79 Å². The van der Waals surface area contributed by atoms with Crippen LogP contribution in [0.2, 0.25) is 0 Å². The second kappa shape index (κ2) is 7.47. The number of likely N-dealkylation sites (N-methyl/N-ethyl adjacent to an activating group) is 1. The first-order chi connectivity index (χ1) is 9.31. The Balaban J connectivity index is 2.75. The molecule has 1 aromatic heterocycles. The molecule has 0 aliphatic carbocycles. The number of hydrogen-bond acceptors (Lipinski definition) is 5. The van der Waals surface area contributed by atoms with Gasteiger partial charge in [-0.2, -0.15) is 0 Å². The summed E-state index contributed by atoms with van der Waals surface area (Å²) in [7, 11) is -4.31. The summed E-state index contributed by atoms with van der Waals surface area (Å²) >= 11 is 0. The van der Waals surface area contributed by atoms with E-state index in [2.05, 4.69) is 4.98 Å². The maximum atomic E-state index is 11.6.